The summed E-state index contributed by atoms with van der Waals surface area (Å²) in [7, 11) is 0. The molecule has 1 aliphatic carbocycles. The van der Waals surface area contributed by atoms with Crippen LogP contribution in [0.25, 0.3) is 0 Å². The molecule has 0 saturated heterocycles. The van der Waals surface area contributed by atoms with E-state index in [2.05, 4.69) is 12.2 Å². The lowest BCUT2D eigenvalue weighted by atomic mass is 9.78. The van der Waals surface area contributed by atoms with Gasteiger partial charge in [-0.05, 0) is 18.3 Å². The van der Waals surface area contributed by atoms with Crippen molar-refractivity contribution < 1.29 is 18.0 Å². The normalized spacial score (nSPS) is 29.8. The van der Waals surface area contributed by atoms with Gasteiger partial charge in [-0.25, -0.2) is 4.79 Å². The molecule has 2 amide bonds. The first-order valence-electron chi connectivity index (χ1n) is 5.90. The highest BCUT2D eigenvalue weighted by atomic mass is 19.4. The van der Waals surface area contributed by atoms with Gasteiger partial charge in [-0.2, -0.15) is 13.2 Å². The Morgan fingerprint density at radius 2 is 1.94 bits per heavy atom. The number of alkyl halides is 3. The zero-order valence-electron chi connectivity index (χ0n) is 10.1. The van der Waals surface area contributed by atoms with Gasteiger partial charge < -0.3 is 10.6 Å². The van der Waals surface area contributed by atoms with Crippen molar-refractivity contribution in [2.24, 2.45) is 11.8 Å². The second-order valence-corrected chi connectivity index (χ2v) is 4.82. The fraction of sp³-hybridized carbons (Fsp3) is 0.909. The Balaban J connectivity index is 2.35. The molecule has 0 aromatic heterocycles. The number of nitrogens with one attached hydrogen (secondary N) is 2. The molecule has 0 bridgehead atoms. The third kappa shape index (κ3) is 4.83. The van der Waals surface area contributed by atoms with Crippen LogP contribution in [0.3, 0.4) is 0 Å². The van der Waals surface area contributed by atoms with Crippen molar-refractivity contribution >= 4 is 6.03 Å². The Labute approximate surface area is 99.1 Å². The average Bonchev–Trinajstić information content (AvgIpc) is 2.21. The third-order valence-electron chi connectivity index (χ3n) is 3.47. The van der Waals surface area contributed by atoms with Crippen LogP contribution in [-0.4, -0.2) is 24.8 Å². The first-order chi connectivity index (χ1) is 7.79. The molecule has 3 unspecified atom stereocenters. The standard InChI is InChI=1S/C11H19F3N2O/c1-7-4-3-5-9(8(7)2)16-10(17)15-6-11(12,13)14/h7-9H,3-6H2,1-2H3,(H2,15,16,17). The third-order valence-corrected chi connectivity index (χ3v) is 3.47. The minimum atomic E-state index is -4.36. The van der Waals surface area contributed by atoms with E-state index in [4.69, 9.17) is 0 Å². The first-order valence-corrected chi connectivity index (χ1v) is 5.90. The predicted octanol–water partition coefficient (Wildman–Crippen LogP) is 2.67. The van der Waals surface area contributed by atoms with Gasteiger partial charge in [0, 0.05) is 6.04 Å². The number of urea groups is 1. The van der Waals surface area contributed by atoms with E-state index < -0.39 is 18.8 Å². The minimum absolute atomic E-state index is 0.0213. The van der Waals surface area contributed by atoms with Crippen LogP contribution in [0, 0.1) is 11.8 Å². The molecule has 3 nitrogen and oxygen atoms in total. The highest BCUT2D eigenvalue weighted by Gasteiger charge is 2.30. The van der Waals surface area contributed by atoms with Gasteiger partial charge in [0.05, 0.1) is 0 Å². The second kappa shape index (κ2) is 5.60. The summed E-state index contributed by atoms with van der Waals surface area (Å²) in [6.07, 6.45) is -1.40. The van der Waals surface area contributed by atoms with Crippen LogP contribution in [0.1, 0.15) is 33.1 Å². The van der Waals surface area contributed by atoms with E-state index in [-0.39, 0.29) is 6.04 Å². The maximum Gasteiger partial charge on any atom is 0.405 e. The first kappa shape index (κ1) is 14.1. The lowest BCUT2D eigenvalue weighted by Gasteiger charge is -2.34. The second-order valence-electron chi connectivity index (χ2n) is 4.82. The van der Waals surface area contributed by atoms with Crippen molar-refractivity contribution in [3.05, 3.63) is 0 Å². The molecular formula is C11H19F3N2O. The topological polar surface area (TPSA) is 41.1 Å². The number of carbonyl (C=O) groups is 1. The van der Waals surface area contributed by atoms with Gasteiger partial charge in [0.15, 0.2) is 0 Å². The molecule has 0 heterocycles. The van der Waals surface area contributed by atoms with E-state index in [9.17, 15) is 18.0 Å². The molecule has 1 rings (SSSR count). The van der Waals surface area contributed by atoms with E-state index in [0.717, 1.165) is 19.3 Å². The summed E-state index contributed by atoms with van der Waals surface area (Å²) in [6.45, 7) is 2.85. The molecule has 1 fully saturated rings. The quantitative estimate of drug-likeness (QED) is 0.779. The average molecular weight is 252 g/mol. The highest BCUT2D eigenvalue weighted by Crippen LogP contribution is 2.29. The highest BCUT2D eigenvalue weighted by molar-refractivity contribution is 5.74. The zero-order valence-corrected chi connectivity index (χ0v) is 10.1. The lowest BCUT2D eigenvalue weighted by Crippen LogP contribution is -2.49. The SMILES string of the molecule is CC1CCCC(NC(=O)NCC(F)(F)F)C1C. The molecule has 2 N–H and O–H groups in total. The fourth-order valence-electron chi connectivity index (χ4n) is 2.19. The van der Waals surface area contributed by atoms with Gasteiger partial charge in [0.1, 0.15) is 6.54 Å². The summed E-state index contributed by atoms with van der Waals surface area (Å²) in [5.41, 5.74) is 0. The van der Waals surface area contributed by atoms with Crippen molar-refractivity contribution in [1.29, 1.82) is 0 Å². The smallest absolute Gasteiger partial charge is 0.335 e. The van der Waals surface area contributed by atoms with E-state index in [1.54, 1.807) is 0 Å². The van der Waals surface area contributed by atoms with E-state index in [1.165, 1.54) is 0 Å². The molecule has 0 aromatic rings. The summed E-state index contributed by atoms with van der Waals surface area (Å²) in [4.78, 5) is 11.3. The molecule has 0 aromatic carbocycles. The Hall–Kier alpha value is -0.940. The molecule has 6 heteroatoms. The van der Waals surface area contributed by atoms with E-state index in [0.29, 0.717) is 11.8 Å². The summed E-state index contributed by atoms with van der Waals surface area (Å²) < 4.78 is 35.7. The van der Waals surface area contributed by atoms with E-state index >= 15 is 0 Å². The van der Waals surface area contributed by atoms with Gasteiger partial charge in [-0.3, -0.25) is 0 Å². The van der Waals surface area contributed by atoms with Crippen LogP contribution in [0.4, 0.5) is 18.0 Å². The maximum atomic E-state index is 11.9. The van der Waals surface area contributed by atoms with Crippen molar-refractivity contribution in [3.63, 3.8) is 0 Å². The Morgan fingerprint density at radius 3 is 2.53 bits per heavy atom. The molecule has 0 spiro atoms. The number of rotatable bonds is 2. The van der Waals surface area contributed by atoms with Gasteiger partial charge in [0.2, 0.25) is 0 Å². The Kier molecular flexibility index (Phi) is 4.65. The largest absolute Gasteiger partial charge is 0.405 e. The van der Waals surface area contributed by atoms with Crippen LogP contribution in [-0.2, 0) is 0 Å². The van der Waals surface area contributed by atoms with Crippen LogP contribution < -0.4 is 10.6 Å². The molecule has 100 valence electrons. The maximum absolute atomic E-state index is 11.9. The van der Waals surface area contributed by atoms with Gasteiger partial charge in [-0.1, -0.05) is 26.7 Å². The molecule has 17 heavy (non-hydrogen) atoms. The van der Waals surface area contributed by atoms with Crippen LogP contribution in [0.15, 0.2) is 0 Å². The summed E-state index contributed by atoms with van der Waals surface area (Å²) in [5.74, 6) is 0.803. The number of carbonyl (C=O) groups excluding carboxylic acids is 1. The summed E-state index contributed by atoms with van der Waals surface area (Å²) in [5, 5.41) is 4.45. The fourth-order valence-corrected chi connectivity index (χ4v) is 2.19. The lowest BCUT2D eigenvalue weighted by molar-refractivity contribution is -0.122. The molecular weight excluding hydrogens is 233 g/mol. The Bertz CT molecular complexity index is 268. The minimum Gasteiger partial charge on any atom is -0.335 e. The number of halogens is 3. The van der Waals surface area contributed by atoms with Crippen LogP contribution in [0.5, 0.6) is 0 Å². The molecule has 0 radical (unpaired) electrons. The monoisotopic (exact) mass is 252 g/mol. The molecule has 3 atom stereocenters. The van der Waals surface area contributed by atoms with Gasteiger partial charge >= 0.3 is 12.2 Å². The predicted molar refractivity (Wildman–Crippen MR) is 58.6 cm³/mol. The molecule has 0 aliphatic heterocycles. The summed E-state index contributed by atoms with van der Waals surface area (Å²) in [6, 6.07) is -0.750. The van der Waals surface area contributed by atoms with Crippen molar-refractivity contribution in [2.45, 2.75) is 45.3 Å². The van der Waals surface area contributed by atoms with Crippen LogP contribution >= 0.6 is 0 Å². The summed E-state index contributed by atoms with van der Waals surface area (Å²) >= 11 is 0. The van der Waals surface area contributed by atoms with E-state index in [1.807, 2.05) is 12.2 Å². The van der Waals surface area contributed by atoms with Gasteiger partial charge in [-0.15, -0.1) is 0 Å². The van der Waals surface area contributed by atoms with Crippen molar-refractivity contribution in [2.75, 3.05) is 6.54 Å². The van der Waals surface area contributed by atoms with Crippen LogP contribution in [0.2, 0.25) is 0 Å². The number of amides is 2. The van der Waals surface area contributed by atoms with Crippen molar-refractivity contribution in [1.82, 2.24) is 10.6 Å². The van der Waals surface area contributed by atoms with Crippen molar-refractivity contribution in [3.8, 4) is 0 Å². The molecule has 1 aliphatic rings. The number of hydrogen-bond acceptors (Lipinski definition) is 1. The number of hydrogen-bond donors (Lipinski definition) is 2. The molecule has 1 saturated carbocycles. The Morgan fingerprint density at radius 1 is 1.29 bits per heavy atom. The van der Waals surface area contributed by atoms with Gasteiger partial charge in [0.25, 0.3) is 0 Å². The zero-order chi connectivity index (χ0) is 13.1.